The van der Waals surface area contributed by atoms with Crippen LogP contribution in [0.2, 0.25) is 0 Å². The third kappa shape index (κ3) is 14.5. The molecule has 0 aliphatic carbocycles. The Morgan fingerprint density at radius 3 is 1.53 bits per heavy atom. The van der Waals surface area contributed by atoms with Gasteiger partial charge in [0.05, 0.1) is 25.0 Å². The number of ketones is 1. The van der Waals surface area contributed by atoms with Crippen LogP contribution in [0.5, 0.6) is 0 Å². The van der Waals surface area contributed by atoms with Crippen LogP contribution >= 0.6 is 9.24 Å². The van der Waals surface area contributed by atoms with E-state index in [0.29, 0.717) is 26.0 Å². The van der Waals surface area contributed by atoms with Gasteiger partial charge in [-0.1, -0.05) is 92.3 Å². The standard InChI is InChI=1S/C36H68NO7P/c1-24(28(5)38)32(6,7)22-34(10,11)26(3)30(40)44-36(14,15)18-21-43-37(16)19-17-20-42-29(39)25(2)33(8,9)23-35(12,13)27(4)31(41)45/h24-27H,17-23,45H2,1-16H3. The Labute approximate surface area is 278 Å². The molecule has 45 heavy (non-hydrogen) atoms. The number of hydrogen-bond acceptors (Lipinski definition) is 8. The summed E-state index contributed by atoms with van der Waals surface area (Å²) in [6.07, 6.45) is 2.56. The lowest BCUT2D eigenvalue weighted by Crippen LogP contribution is -2.41. The molecule has 0 saturated heterocycles. The van der Waals surface area contributed by atoms with Gasteiger partial charge in [-0.05, 0) is 61.7 Å². The molecule has 0 heterocycles. The number of rotatable bonds is 21. The van der Waals surface area contributed by atoms with Gasteiger partial charge in [0.15, 0.2) is 5.52 Å². The van der Waals surface area contributed by atoms with Crippen molar-refractivity contribution in [1.29, 1.82) is 0 Å². The molecule has 9 heteroatoms. The summed E-state index contributed by atoms with van der Waals surface area (Å²) in [7, 11) is 4.11. The first-order valence-corrected chi connectivity index (χ1v) is 17.2. The molecule has 0 N–H and O–H groups in total. The number of hydroxylamine groups is 2. The summed E-state index contributed by atoms with van der Waals surface area (Å²) in [6.45, 7) is 30.9. The van der Waals surface area contributed by atoms with Crippen molar-refractivity contribution in [3.05, 3.63) is 0 Å². The first kappa shape index (κ1) is 43.6. The number of Topliss-reactive ketones (excluding diaryl/α,β-unsaturated/α-hetero) is 1. The van der Waals surface area contributed by atoms with Crippen LogP contribution in [0.1, 0.15) is 130 Å². The highest BCUT2D eigenvalue weighted by atomic mass is 31.0. The average Bonchev–Trinajstić information content (AvgIpc) is 2.87. The molecule has 0 fully saturated rings. The number of hydrogen-bond donors (Lipinski definition) is 0. The number of nitrogens with zero attached hydrogens (tertiary/aromatic N) is 1. The minimum absolute atomic E-state index is 0.0770. The Kier molecular flexibility index (Phi) is 16.6. The fraction of sp³-hybridized carbons (Fsp3) is 0.889. The van der Waals surface area contributed by atoms with Crippen molar-refractivity contribution in [3.8, 4) is 0 Å². The summed E-state index contributed by atoms with van der Waals surface area (Å²) in [5.41, 5.74) is -1.80. The lowest BCUT2D eigenvalue weighted by Gasteiger charge is -2.41. The van der Waals surface area contributed by atoms with Gasteiger partial charge in [-0.25, -0.2) is 0 Å². The van der Waals surface area contributed by atoms with Crippen LogP contribution in [0.25, 0.3) is 0 Å². The second kappa shape index (κ2) is 17.2. The highest BCUT2D eigenvalue weighted by Crippen LogP contribution is 2.45. The molecule has 0 amide bonds. The van der Waals surface area contributed by atoms with Crippen LogP contribution in [0.4, 0.5) is 0 Å². The van der Waals surface area contributed by atoms with Gasteiger partial charge in [-0.3, -0.25) is 24.0 Å². The van der Waals surface area contributed by atoms with E-state index in [1.54, 1.807) is 12.0 Å². The SMILES string of the molecule is CC(=O)C(C)C(C)(C)CC(C)(C)C(C)C(=O)OC(C)(C)CCON(C)CCCOC(=O)C(C)C(C)(C)CC(C)(C)C(C)C(=O)P. The van der Waals surface area contributed by atoms with Crippen molar-refractivity contribution < 1.29 is 33.5 Å². The lowest BCUT2D eigenvalue weighted by molar-refractivity contribution is -0.177. The maximum atomic E-state index is 13.2. The molecule has 0 aliphatic heterocycles. The predicted octanol–water partition coefficient (Wildman–Crippen LogP) is 7.92. The van der Waals surface area contributed by atoms with Crippen LogP contribution in [-0.4, -0.2) is 60.7 Å². The minimum atomic E-state index is -0.710. The number of ether oxygens (including phenoxy) is 2. The van der Waals surface area contributed by atoms with Crippen molar-refractivity contribution in [1.82, 2.24) is 5.06 Å². The fourth-order valence-corrected chi connectivity index (χ4v) is 6.49. The maximum Gasteiger partial charge on any atom is 0.309 e. The monoisotopic (exact) mass is 657 g/mol. The molecule has 0 spiro atoms. The molecular formula is C36H68NO7P. The molecule has 264 valence electrons. The topological polar surface area (TPSA) is 99.2 Å². The third-order valence-corrected chi connectivity index (χ3v) is 11.0. The van der Waals surface area contributed by atoms with Gasteiger partial charge in [0.2, 0.25) is 0 Å². The van der Waals surface area contributed by atoms with Crippen LogP contribution < -0.4 is 0 Å². The minimum Gasteiger partial charge on any atom is -0.465 e. The molecule has 5 unspecified atom stereocenters. The molecule has 0 aliphatic rings. The summed E-state index contributed by atoms with van der Waals surface area (Å²) in [6, 6.07) is 0. The smallest absolute Gasteiger partial charge is 0.309 e. The van der Waals surface area contributed by atoms with Crippen LogP contribution in [0.3, 0.4) is 0 Å². The molecule has 0 rings (SSSR count). The third-order valence-electron chi connectivity index (χ3n) is 10.5. The zero-order valence-corrected chi connectivity index (χ0v) is 32.8. The Balaban J connectivity index is 4.71. The van der Waals surface area contributed by atoms with Gasteiger partial charge in [-0.2, -0.15) is 5.06 Å². The molecule has 0 aromatic rings. The van der Waals surface area contributed by atoms with E-state index in [9.17, 15) is 19.2 Å². The Morgan fingerprint density at radius 1 is 0.667 bits per heavy atom. The molecule has 0 radical (unpaired) electrons. The van der Waals surface area contributed by atoms with E-state index in [2.05, 4.69) is 64.6 Å². The fourth-order valence-electron chi connectivity index (χ4n) is 6.04. The molecule has 0 aromatic heterocycles. The second-order valence-corrected chi connectivity index (χ2v) is 17.4. The van der Waals surface area contributed by atoms with E-state index >= 15 is 0 Å². The van der Waals surface area contributed by atoms with Crippen molar-refractivity contribution in [3.63, 3.8) is 0 Å². The first-order valence-electron chi connectivity index (χ1n) is 16.6. The first-order chi connectivity index (χ1) is 20.1. The van der Waals surface area contributed by atoms with E-state index in [0.717, 1.165) is 12.8 Å². The van der Waals surface area contributed by atoms with Crippen molar-refractivity contribution in [2.75, 3.05) is 26.8 Å². The zero-order chi connectivity index (χ0) is 35.8. The van der Waals surface area contributed by atoms with E-state index in [-0.39, 0.29) is 75.2 Å². The van der Waals surface area contributed by atoms with Crippen molar-refractivity contribution in [2.45, 2.75) is 135 Å². The summed E-state index contributed by atoms with van der Waals surface area (Å²) < 4.78 is 11.5. The van der Waals surface area contributed by atoms with Gasteiger partial charge >= 0.3 is 11.9 Å². The van der Waals surface area contributed by atoms with Gasteiger partial charge < -0.3 is 9.47 Å². The largest absolute Gasteiger partial charge is 0.465 e. The molecule has 0 aromatic carbocycles. The maximum absolute atomic E-state index is 13.2. The molecule has 8 nitrogen and oxygen atoms in total. The summed E-state index contributed by atoms with van der Waals surface area (Å²) >= 11 is 0. The van der Waals surface area contributed by atoms with Crippen LogP contribution in [0, 0.1) is 45.3 Å². The van der Waals surface area contributed by atoms with Crippen molar-refractivity contribution in [2.24, 2.45) is 45.3 Å². The zero-order valence-electron chi connectivity index (χ0n) is 31.6. The predicted molar refractivity (Wildman–Crippen MR) is 185 cm³/mol. The Bertz CT molecular complexity index is 1000. The average molecular weight is 658 g/mol. The highest BCUT2D eigenvalue weighted by molar-refractivity contribution is 7.40. The van der Waals surface area contributed by atoms with Gasteiger partial charge in [0.25, 0.3) is 0 Å². The van der Waals surface area contributed by atoms with Crippen LogP contribution in [0.15, 0.2) is 0 Å². The summed E-state index contributed by atoms with van der Waals surface area (Å²) in [4.78, 5) is 55.8. The van der Waals surface area contributed by atoms with Gasteiger partial charge in [0.1, 0.15) is 11.4 Å². The lowest BCUT2D eigenvalue weighted by atomic mass is 9.64. The summed E-state index contributed by atoms with van der Waals surface area (Å²) in [5.74, 6) is -1.21. The van der Waals surface area contributed by atoms with Gasteiger partial charge in [0, 0.05) is 31.8 Å². The van der Waals surface area contributed by atoms with Crippen LogP contribution in [-0.2, 0) is 33.5 Å². The number of carbonyl (C=O) groups excluding carboxylic acids is 4. The Morgan fingerprint density at radius 2 is 1.09 bits per heavy atom. The molecule has 0 saturated carbocycles. The summed E-state index contributed by atoms with van der Waals surface area (Å²) in [5, 5.41) is 1.72. The molecule has 5 atom stereocenters. The number of esters is 2. The van der Waals surface area contributed by atoms with E-state index in [1.807, 2.05) is 48.6 Å². The van der Waals surface area contributed by atoms with E-state index in [1.165, 1.54) is 0 Å². The van der Waals surface area contributed by atoms with E-state index in [4.69, 9.17) is 14.3 Å². The second-order valence-electron chi connectivity index (χ2n) is 16.8. The highest BCUT2D eigenvalue weighted by Gasteiger charge is 2.42. The Hall–Kier alpha value is -1.37. The van der Waals surface area contributed by atoms with Crippen molar-refractivity contribution >= 4 is 32.5 Å². The molecule has 0 bridgehead atoms. The van der Waals surface area contributed by atoms with Gasteiger partial charge in [-0.15, -0.1) is 0 Å². The molecular weight excluding hydrogens is 589 g/mol. The van der Waals surface area contributed by atoms with E-state index < -0.39 is 5.60 Å². The number of carbonyl (C=O) groups is 4. The quantitative estimate of drug-likeness (QED) is 0.0532. The normalized spacial score (nSPS) is 16.1.